The first-order valence-electron chi connectivity index (χ1n) is 8.49. The molecule has 0 amide bonds. The van der Waals surface area contributed by atoms with Gasteiger partial charge in [-0.3, -0.25) is 14.4 Å². The highest BCUT2D eigenvalue weighted by Crippen LogP contribution is 2.32. The van der Waals surface area contributed by atoms with Crippen molar-refractivity contribution in [2.75, 3.05) is 0 Å². The number of rotatable bonds is 7. The third-order valence-electron chi connectivity index (χ3n) is 3.96. The first kappa shape index (κ1) is 18.8. The monoisotopic (exact) mass is 385 g/mol. The predicted molar refractivity (Wildman–Crippen MR) is 102 cm³/mol. The minimum atomic E-state index is -0.958. The largest absolute Gasteiger partial charge is 0.426 e. The van der Waals surface area contributed by atoms with Gasteiger partial charge in [-0.25, -0.2) is 0 Å². The normalized spacial score (nSPS) is 11.9. The fraction of sp³-hybridized carbons (Fsp3) is 0.250. The Balaban J connectivity index is 1.60. The van der Waals surface area contributed by atoms with E-state index in [0.717, 1.165) is 22.0 Å². The van der Waals surface area contributed by atoms with Crippen LogP contribution in [0.2, 0.25) is 0 Å². The number of ether oxygens (including phenoxy) is 2. The molecule has 7 heteroatoms. The van der Waals surface area contributed by atoms with Crippen LogP contribution >= 0.6 is 11.3 Å². The highest BCUT2D eigenvalue weighted by molar-refractivity contribution is 7.12. The molecule has 0 aliphatic carbocycles. The molecule has 140 valence electrons. The van der Waals surface area contributed by atoms with Gasteiger partial charge in [-0.2, -0.15) is 0 Å². The van der Waals surface area contributed by atoms with Crippen LogP contribution < -0.4 is 0 Å². The summed E-state index contributed by atoms with van der Waals surface area (Å²) in [6.45, 7) is 2.68. The zero-order chi connectivity index (χ0) is 19.4. The van der Waals surface area contributed by atoms with Crippen LogP contribution in [0.25, 0.3) is 22.0 Å². The summed E-state index contributed by atoms with van der Waals surface area (Å²) in [6.07, 6.45) is 0.944. The van der Waals surface area contributed by atoms with E-state index < -0.39 is 18.2 Å². The predicted octanol–water partition coefficient (Wildman–Crippen LogP) is 4.31. The molecular formula is C20H19NO5S. The van der Waals surface area contributed by atoms with Crippen LogP contribution in [0.4, 0.5) is 0 Å². The minimum absolute atomic E-state index is 0.0411. The number of benzene rings is 1. The van der Waals surface area contributed by atoms with E-state index in [-0.39, 0.29) is 18.6 Å². The summed E-state index contributed by atoms with van der Waals surface area (Å²) in [6, 6.07) is 9.81. The number of carbonyl (C=O) groups is 3. The molecule has 3 aromatic rings. The van der Waals surface area contributed by atoms with Gasteiger partial charge in [-0.15, -0.1) is 11.3 Å². The van der Waals surface area contributed by atoms with Crippen molar-refractivity contribution >= 4 is 40.0 Å². The van der Waals surface area contributed by atoms with Gasteiger partial charge in [-0.1, -0.05) is 18.2 Å². The second-order valence-corrected chi connectivity index (χ2v) is 6.95. The van der Waals surface area contributed by atoms with E-state index in [9.17, 15) is 14.4 Å². The number of aromatic nitrogens is 1. The second-order valence-electron chi connectivity index (χ2n) is 6.04. The number of para-hydroxylation sites is 1. The fourth-order valence-corrected chi connectivity index (χ4v) is 3.65. The summed E-state index contributed by atoms with van der Waals surface area (Å²) in [5.41, 5.74) is 3.04. The van der Waals surface area contributed by atoms with Gasteiger partial charge in [0.05, 0.1) is 11.3 Å². The molecule has 0 spiro atoms. The zero-order valence-electron chi connectivity index (χ0n) is 15.0. The van der Waals surface area contributed by atoms with Crippen molar-refractivity contribution in [3.05, 3.63) is 46.8 Å². The van der Waals surface area contributed by atoms with E-state index in [2.05, 4.69) is 4.98 Å². The van der Waals surface area contributed by atoms with Crippen molar-refractivity contribution in [1.82, 2.24) is 4.98 Å². The van der Waals surface area contributed by atoms with Crippen LogP contribution in [0.3, 0.4) is 0 Å². The first-order valence-corrected chi connectivity index (χ1v) is 9.37. The number of hydrogen-bond donors (Lipinski definition) is 1. The van der Waals surface area contributed by atoms with Crippen molar-refractivity contribution < 1.29 is 23.9 Å². The summed E-state index contributed by atoms with van der Waals surface area (Å²) in [4.78, 5) is 38.7. The molecule has 1 aromatic carbocycles. The number of Topliss-reactive ketones (excluding diaryl/α,β-unsaturated/α-hetero) is 1. The topological polar surface area (TPSA) is 85.5 Å². The third-order valence-corrected chi connectivity index (χ3v) is 4.93. The number of thiophene rings is 1. The molecule has 6 nitrogen and oxygen atoms in total. The van der Waals surface area contributed by atoms with Crippen LogP contribution in [0, 0.1) is 0 Å². The molecule has 1 atom stereocenters. The average molecular weight is 385 g/mol. The Morgan fingerprint density at radius 2 is 1.93 bits per heavy atom. The van der Waals surface area contributed by atoms with Crippen molar-refractivity contribution in [1.29, 1.82) is 0 Å². The standard InChI is InChI=1S/C20H19NO5S/c1-12(22)25-13(2)26-20(24)8-7-18(23)19-9-14(11-27-19)16-10-21-17-6-4-3-5-15(16)17/h3-6,9-11,13,21H,7-8H2,1-2H3. The van der Waals surface area contributed by atoms with E-state index >= 15 is 0 Å². The van der Waals surface area contributed by atoms with Gasteiger partial charge in [0.1, 0.15) is 0 Å². The van der Waals surface area contributed by atoms with E-state index in [1.807, 2.05) is 41.9 Å². The molecule has 3 rings (SSSR count). The summed E-state index contributed by atoms with van der Waals surface area (Å²) in [5, 5.41) is 3.03. The second kappa shape index (κ2) is 8.18. The van der Waals surface area contributed by atoms with E-state index in [4.69, 9.17) is 9.47 Å². The molecule has 2 heterocycles. The molecular weight excluding hydrogens is 366 g/mol. The van der Waals surface area contributed by atoms with Crippen LogP contribution in [-0.4, -0.2) is 29.0 Å². The maximum Gasteiger partial charge on any atom is 0.309 e. The molecule has 0 aliphatic heterocycles. The Morgan fingerprint density at radius 3 is 2.70 bits per heavy atom. The Morgan fingerprint density at radius 1 is 1.15 bits per heavy atom. The van der Waals surface area contributed by atoms with Crippen LogP contribution in [0.5, 0.6) is 0 Å². The quantitative estimate of drug-likeness (QED) is 0.372. The number of hydrogen-bond acceptors (Lipinski definition) is 6. The average Bonchev–Trinajstić information content (AvgIpc) is 3.25. The van der Waals surface area contributed by atoms with E-state index in [1.165, 1.54) is 25.2 Å². The van der Waals surface area contributed by atoms with E-state index in [1.54, 1.807) is 0 Å². The molecule has 27 heavy (non-hydrogen) atoms. The molecule has 0 saturated heterocycles. The van der Waals surface area contributed by atoms with Crippen molar-refractivity contribution in [3.8, 4) is 11.1 Å². The van der Waals surface area contributed by atoms with Gasteiger partial charge < -0.3 is 14.5 Å². The smallest absolute Gasteiger partial charge is 0.309 e. The maximum absolute atomic E-state index is 12.4. The van der Waals surface area contributed by atoms with Gasteiger partial charge in [-0.05, 0) is 23.1 Å². The van der Waals surface area contributed by atoms with Crippen LogP contribution in [0.15, 0.2) is 41.9 Å². The van der Waals surface area contributed by atoms with Gasteiger partial charge >= 0.3 is 11.9 Å². The number of carbonyl (C=O) groups excluding carboxylic acids is 3. The lowest BCUT2D eigenvalue weighted by molar-refractivity contribution is -0.182. The fourth-order valence-electron chi connectivity index (χ4n) is 2.77. The van der Waals surface area contributed by atoms with Gasteiger partial charge in [0.25, 0.3) is 0 Å². The molecule has 0 fully saturated rings. The SMILES string of the molecule is CC(=O)OC(C)OC(=O)CCC(=O)c1cc(-c2c[nH]c3ccccc23)cs1. The maximum atomic E-state index is 12.4. The number of H-pyrrole nitrogens is 1. The summed E-state index contributed by atoms with van der Waals surface area (Å²) in [7, 11) is 0. The van der Waals surface area contributed by atoms with Crippen molar-refractivity contribution in [3.63, 3.8) is 0 Å². The Kier molecular flexibility index (Phi) is 5.71. The zero-order valence-corrected chi connectivity index (χ0v) is 15.8. The lowest BCUT2D eigenvalue weighted by atomic mass is 10.1. The highest BCUT2D eigenvalue weighted by atomic mass is 32.1. The van der Waals surface area contributed by atoms with Crippen molar-refractivity contribution in [2.24, 2.45) is 0 Å². The summed E-state index contributed by atoms with van der Waals surface area (Å²) < 4.78 is 9.65. The van der Waals surface area contributed by atoms with Crippen LogP contribution in [-0.2, 0) is 19.1 Å². The number of aromatic amines is 1. The first-order chi connectivity index (χ1) is 12.9. The lowest BCUT2D eigenvalue weighted by Gasteiger charge is -2.12. The Hall–Kier alpha value is -2.93. The number of fused-ring (bicyclic) bond motifs is 1. The number of nitrogens with one attached hydrogen (secondary N) is 1. The number of esters is 2. The molecule has 1 unspecified atom stereocenters. The van der Waals surface area contributed by atoms with E-state index in [0.29, 0.717) is 4.88 Å². The van der Waals surface area contributed by atoms with Gasteiger partial charge in [0, 0.05) is 42.9 Å². The summed E-state index contributed by atoms with van der Waals surface area (Å²) in [5.74, 6) is -1.23. The summed E-state index contributed by atoms with van der Waals surface area (Å²) >= 11 is 1.35. The lowest BCUT2D eigenvalue weighted by Crippen LogP contribution is -2.20. The molecule has 0 saturated carbocycles. The molecule has 0 aliphatic rings. The Labute approximate surface area is 160 Å². The third kappa shape index (κ3) is 4.62. The van der Waals surface area contributed by atoms with Gasteiger partial charge in [0.2, 0.25) is 6.29 Å². The minimum Gasteiger partial charge on any atom is -0.426 e. The molecule has 1 N–H and O–H groups in total. The number of ketones is 1. The van der Waals surface area contributed by atoms with Crippen molar-refractivity contribution in [2.45, 2.75) is 33.0 Å². The molecule has 2 aromatic heterocycles. The van der Waals surface area contributed by atoms with Crippen LogP contribution in [0.1, 0.15) is 36.4 Å². The molecule has 0 radical (unpaired) electrons. The molecule has 0 bridgehead atoms. The highest BCUT2D eigenvalue weighted by Gasteiger charge is 2.16. The van der Waals surface area contributed by atoms with Gasteiger partial charge in [0.15, 0.2) is 5.78 Å². The Bertz CT molecular complexity index is 987.